The normalized spacial score (nSPS) is 20.6. The number of ether oxygens (including phenoxy) is 1. The number of halogens is 2. The molecule has 192 valence electrons. The number of aromatic nitrogens is 4. The molecule has 1 amide bonds. The molecule has 0 unspecified atom stereocenters. The fourth-order valence-electron chi connectivity index (χ4n) is 5.00. The lowest BCUT2D eigenvalue weighted by Crippen LogP contribution is -2.39. The largest absolute Gasteiger partial charge is 0.378 e. The smallest absolute Gasteiger partial charge is 0.296 e. The first kappa shape index (κ1) is 24.4. The number of rotatable bonds is 6. The van der Waals surface area contributed by atoms with Crippen LogP contribution in [0.2, 0.25) is 0 Å². The summed E-state index contributed by atoms with van der Waals surface area (Å²) in [6, 6.07) is 7.51. The van der Waals surface area contributed by atoms with E-state index in [0.29, 0.717) is 54.9 Å². The van der Waals surface area contributed by atoms with E-state index >= 15 is 0 Å². The Hall–Kier alpha value is -3.34. The zero-order valence-corrected chi connectivity index (χ0v) is 20.5. The van der Waals surface area contributed by atoms with Crippen LogP contribution in [0.25, 0.3) is 16.9 Å². The number of nitrogens with zero attached hydrogens (tertiary/aromatic N) is 5. The van der Waals surface area contributed by atoms with Crippen LogP contribution in [0.4, 0.5) is 20.5 Å². The van der Waals surface area contributed by atoms with E-state index in [1.165, 1.54) is 11.5 Å². The van der Waals surface area contributed by atoms with Gasteiger partial charge in [0, 0.05) is 38.2 Å². The standard InChI is InChI=1S/C25H31F2N7O2/c1-15-3-8-19-20(13-15)34(24(30-19)23(26)27)22-14-21(33-9-11-36-12-10-33)31-25(32-22)29-18-6-4-17(5-7-18)28-16(2)35/h3,8,13-14,17-18,23H,4-7,9-12H2,1-2H3,(H,28,35)(H,29,31,32)/t17-,18-. The molecule has 2 N–H and O–H groups in total. The summed E-state index contributed by atoms with van der Waals surface area (Å²) in [5.41, 5.74) is 2.02. The molecule has 9 nitrogen and oxygen atoms in total. The van der Waals surface area contributed by atoms with Crippen LogP contribution >= 0.6 is 0 Å². The Labute approximate surface area is 208 Å². The van der Waals surface area contributed by atoms with E-state index in [1.807, 2.05) is 19.1 Å². The third-order valence-electron chi connectivity index (χ3n) is 6.76. The molecule has 2 aliphatic rings. The zero-order chi connectivity index (χ0) is 25.2. The monoisotopic (exact) mass is 499 g/mol. The van der Waals surface area contributed by atoms with Gasteiger partial charge in [0.25, 0.3) is 6.43 Å². The maximum Gasteiger partial charge on any atom is 0.296 e. The molecule has 0 atom stereocenters. The quantitative estimate of drug-likeness (QED) is 0.533. The first-order valence-corrected chi connectivity index (χ1v) is 12.4. The van der Waals surface area contributed by atoms with Crippen molar-refractivity contribution in [2.45, 2.75) is 58.0 Å². The SMILES string of the molecule is CC(=O)N[C@H]1CC[C@H](Nc2nc(N3CCOCC3)cc(-n3c(C(F)F)nc4ccc(C)cc43)n2)CC1. The van der Waals surface area contributed by atoms with E-state index in [1.54, 1.807) is 12.1 Å². The lowest BCUT2D eigenvalue weighted by molar-refractivity contribution is -0.119. The third kappa shape index (κ3) is 5.25. The van der Waals surface area contributed by atoms with Gasteiger partial charge < -0.3 is 20.3 Å². The molecule has 1 aliphatic carbocycles. The molecule has 0 radical (unpaired) electrons. The van der Waals surface area contributed by atoms with Crippen LogP contribution in [-0.4, -0.2) is 63.8 Å². The number of alkyl halides is 2. The maximum atomic E-state index is 14.1. The number of imidazole rings is 1. The molecule has 1 aromatic carbocycles. The van der Waals surface area contributed by atoms with Crippen LogP contribution in [0.15, 0.2) is 24.3 Å². The summed E-state index contributed by atoms with van der Waals surface area (Å²) in [4.78, 5) is 27.1. The van der Waals surface area contributed by atoms with E-state index < -0.39 is 6.43 Å². The highest BCUT2D eigenvalue weighted by atomic mass is 19.3. The number of morpholine rings is 1. The average Bonchev–Trinajstić information content (AvgIpc) is 3.24. The fourth-order valence-corrected chi connectivity index (χ4v) is 5.00. The number of hydrogen-bond donors (Lipinski definition) is 2. The topological polar surface area (TPSA) is 97.2 Å². The Morgan fingerprint density at radius 2 is 1.72 bits per heavy atom. The van der Waals surface area contributed by atoms with E-state index in [9.17, 15) is 13.6 Å². The highest BCUT2D eigenvalue weighted by Crippen LogP contribution is 2.30. The van der Waals surface area contributed by atoms with Crippen molar-refractivity contribution in [2.75, 3.05) is 36.5 Å². The minimum absolute atomic E-state index is 0.0183. The number of nitrogens with one attached hydrogen (secondary N) is 2. The Morgan fingerprint density at radius 3 is 2.42 bits per heavy atom. The van der Waals surface area contributed by atoms with Crippen LogP contribution in [0.5, 0.6) is 0 Å². The summed E-state index contributed by atoms with van der Waals surface area (Å²) >= 11 is 0. The van der Waals surface area contributed by atoms with Crippen molar-refractivity contribution in [2.24, 2.45) is 0 Å². The predicted octanol–water partition coefficient (Wildman–Crippen LogP) is 3.76. The molecule has 36 heavy (non-hydrogen) atoms. The highest BCUT2D eigenvalue weighted by Gasteiger charge is 2.26. The van der Waals surface area contributed by atoms with Gasteiger partial charge in [-0.2, -0.15) is 9.97 Å². The molecule has 0 bridgehead atoms. The fraction of sp³-hybridized carbons (Fsp3) is 0.520. The molecule has 1 aliphatic heterocycles. The second kappa shape index (κ2) is 10.3. The number of fused-ring (bicyclic) bond motifs is 1. The number of aryl methyl sites for hydroxylation is 1. The Bertz CT molecular complexity index is 1230. The van der Waals surface area contributed by atoms with Crippen molar-refractivity contribution < 1.29 is 18.3 Å². The molecule has 2 aromatic heterocycles. The minimum atomic E-state index is -2.76. The molecule has 11 heteroatoms. The van der Waals surface area contributed by atoms with Crippen molar-refractivity contribution in [1.82, 2.24) is 24.8 Å². The van der Waals surface area contributed by atoms with Crippen LogP contribution in [0.1, 0.15) is 50.4 Å². The number of carbonyl (C=O) groups excluding carboxylic acids is 1. The van der Waals surface area contributed by atoms with Crippen LogP contribution in [0.3, 0.4) is 0 Å². The molecule has 3 aromatic rings. The van der Waals surface area contributed by atoms with E-state index in [0.717, 1.165) is 31.2 Å². The number of amides is 1. The van der Waals surface area contributed by atoms with Crippen molar-refractivity contribution in [1.29, 1.82) is 0 Å². The molecule has 2 fully saturated rings. The minimum Gasteiger partial charge on any atom is -0.378 e. The predicted molar refractivity (Wildman–Crippen MR) is 133 cm³/mol. The lowest BCUT2D eigenvalue weighted by Gasteiger charge is -2.31. The maximum absolute atomic E-state index is 14.1. The average molecular weight is 500 g/mol. The highest BCUT2D eigenvalue weighted by molar-refractivity contribution is 5.79. The van der Waals surface area contributed by atoms with Crippen molar-refractivity contribution in [3.8, 4) is 5.82 Å². The van der Waals surface area contributed by atoms with Gasteiger partial charge in [-0.25, -0.2) is 13.8 Å². The molecular weight excluding hydrogens is 468 g/mol. The molecular formula is C25H31F2N7O2. The first-order chi connectivity index (χ1) is 17.4. The summed E-state index contributed by atoms with van der Waals surface area (Å²) in [5.74, 6) is 1.04. The van der Waals surface area contributed by atoms with Gasteiger partial charge in [-0.05, 0) is 50.3 Å². The van der Waals surface area contributed by atoms with Gasteiger partial charge in [0.05, 0.1) is 24.2 Å². The third-order valence-corrected chi connectivity index (χ3v) is 6.76. The second-order valence-corrected chi connectivity index (χ2v) is 9.50. The van der Waals surface area contributed by atoms with Gasteiger partial charge in [-0.3, -0.25) is 9.36 Å². The van der Waals surface area contributed by atoms with Crippen molar-refractivity contribution in [3.63, 3.8) is 0 Å². The number of anilines is 2. The summed E-state index contributed by atoms with van der Waals surface area (Å²) in [7, 11) is 0. The van der Waals surface area contributed by atoms with E-state index in [4.69, 9.17) is 14.7 Å². The second-order valence-electron chi connectivity index (χ2n) is 9.50. The van der Waals surface area contributed by atoms with Gasteiger partial charge in [-0.1, -0.05) is 6.07 Å². The zero-order valence-electron chi connectivity index (χ0n) is 20.5. The van der Waals surface area contributed by atoms with E-state index in [2.05, 4.69) is 20.5 Å². The van der Waals surface area contributed by atoms with Gasteiger partial charge in [0.15, 0.2) is 5.82 Å². The van der Waals surface area contributed by atoms with Crippen LogP contribution in [-0.2, 0) is 9.53 Å². The van der Waals surface area contributed by atoms with Gasteiger partial charge in [0.1, 0.15) is 11.6 Å². The molecule has 3 heterocycles. The van der Waals surface area contributed by atoms with Crippen LogP contribution in [0, 0.1) is 6.92 Å². The van der Waals surface area contributed by atoms with Gasteiger partial charge in [0.2, 0.25) is 11.9 Å². The molecule has 5 rings (SSSR count). The number of carbonyl (C=O) groups is 1. The summed E-state index contributed by atoms with van der Waals surface area (Å²) in [5, 5.41) is 6.42. The van der Waals surface area contributed by atoms with Crippen LogP contribution < -0.4 is 15.5 Å². The first-order valence-electron chi connectivity index (χ1n) is 12.4. The Morgan fingerprint density at radius 1 is 1.03 bits per heavy atom. The number of hydrogen-bond acceptors (Lipinski definition) is 7. The number of benzene rings is 1. The summed E-state index contributed by atoms with van der Waals surface area (Å²) in [6.07, 6.45) is 0.643. The molecule has 1 saturated carbocycles. The molecule has 0 spiro atoms. The van der Waals surface area contributed by atoms with Crippen molar-refractivity contribution in [3.05, 3.63) is 35.7 Å². The Balaban J connectivity index is 1.51. The summed E-state index contributed by atoms with van der Waals surface area (Å²) in [6.45, 7) is 5.91. The lowest BCUT2D eigenvalue weighted by atomic mass is 9.91. The Kier molecular flexibility index (Phi) is 6.99. The van der Waals surface area contributed by atoms with E-state index in [-0.39, 0.29) is 23.8 Å². The summed E-state index contributed by atoms with van der Waals surface area (Å²) < 4.78 is 35.1. The van der Waals surface area contributed by atoms with Gasteiger partial charge >= 0.3 is 0 Å². The van der Waals surface area contributed by atoms with Gasteiger partial charge in [-0.15, -0.1) is 0 Å². The molecule has 1 saturated heterocycles. The van der Waals surface area contributed by atoms with Crippen molar-refractivity contribution >= 4 is 28.7 Å².